The highest BCUT2D eigenvalue weighted by Crippen LogP contribution is 2.25. The van der Waals surface area contributed by atoms with Gasteiger partial charge in [-0.1, -0.05) is 15.9 Å². The van der Waals surface area contributed by atoms with Crippen LogP contribution in [0, 0.1) is 6.92 Å². The number of aryl methyl sites for hydroxylation is 1. The summed E-state index contributed by atoms with van der Waals surface area (Å²) in [5, 5.41) is 2.92. The zero-order valence-corrected chi connectivity index (χ0v) is 14.9. The summed E-state index contributed by atoms with van der Waals surface area (Å²) in [5.74, 6) is 0.652. The fourth-order valence-corrected chi connectivity index (χ4v) is 3.12. The van der Waals surface area contributed by atoms with Gasteiger partial charge in [-0.05, 0) is 71.7 Å². The van der Waals surface area contributed by atoms with Crippen LogP contribution in [0.1, 0.15) is 22.8 Å². The van der Waals surface area contributed by atoms with E-state index in [1.807, 2.05) is 44.2 Å². The number of benzene rings is 2. The van der Waals surface area contributed by atoms with Gasteiger partial charge in [0.15, 0.2) is 0 Å². The van der Waals surface area contributed by atoms with Crippen LogP contribution in [-0.2, 0) is 0 Å². The molecule has 1 N–H and O–H groups in total. The van der Waals surface area contributed by atoms with Gasteiger partial charge in [0.25, 0.3) is 5.91 Å². The number of amides is 1. The molecule has 0 aliphatic rings. The van der Waals surface area contributed by atoms with Crippen LogP contribution >= 0.6 is 31.9 Å². The minimum atomic E-state index is -0.151. The third-order valence-electron chi connectivity index (χ3n) is 2.93. The quantitative estimate of drug-likeness (QED) is 0.751. The summed E-state index contributed by atoms with van der Waals surface area (Å²) in [5.41, 5.74) is 2.33. The van der Waals surface area contributed by atoms with Crippen molar-refractivity contribution in [1.82, 2.24) is 0 Å². The van der Waals surface area contributed by atoms with Crippen LogP contribution in [0.15, 0.2) is 45.3 Å². The number of rotatable bonds is 4. The van der Waals surface area contributed by atoms with E-state index in [0.29, 0.717) is 12.2 Å². The summed E-state index contributed by atoms with van der Waals surface area (Å²) < 4.78 is 7.11. The minimum absolute atomic E-state index is 0.151. The number of carbonyl (C=O) groups excluding carboxylic acids is 1. The fraction of sp³-hybridized carbons (Fsp3) is 0.188. The Morgan fingerprint density at radius 2 is 1.95 bits per heavy atom. The van der Waals surface area contributed by atoms with E-state index in [2.05, 4.69) is 37.2 Å². The van der Waals surface area contributed by atoms with E-state index in [-0.39, 0.29) is 5.91 Å². The molecule has 0 saturated carbocycles. The Morgan fingerprint density at radius 1 is 1.19 bits per heavy atom. The van der Waals surface area contributed by atoms with Crippen LogP contribution in [0.5, 0.6) is 5.75 Å². The highest BCUT2D eigenvalue weighted by molar-refractivity contribution is 9.11. The Morgan fingerprint density at radius 3 is 2.57 bits per heavy atom. The van der Waals surface area contributed by atoms with Crippen LogP contribution in [0.25, 0.3) is 0 Å². The number of anilines is 1. The van der Waals surface area contributed by atoms with E-state index in [0.717, 1.165) is 25.9 Å². The van der Waals surface area contributed by atoms with Gasteiger partial charge in [0.2, 0.25) is 0 Å². The Hall–Kier alpha value is -1.33. The van der Waals surface area contributed by atoms with Gasteiger partial charge in [0.1, 0.15) is 5.75 Å². The summed E-state index contributed by atoms with van der Waals surface area (Å²) in [7, 11) is 0. The number of carbonyl (C=O) groups is 1. The number of ether oxygens (including phenoxy) is 1. The molecule has 0 fully saturated rings. The van der Waals surface area contributed by atoms with Crippen LogP contribution < -0.4 is 10.1 Å². The van der Waals surface area contributed by atoms with Gasteiger partial charge >= 0.3 is 0 Å². The van der Waals surface area contributed by atoms with E-state index < -0.39 is 0 Å². The van der Waals surface area contributed by atoms with Crippen LogP contribution in [-0.4, -0.2) is 12.5 Å². The summed E-state index contributed by atoms with van der Waals surface area (Å²) in [4.78, 5) is 12.3. The summed E-state index contributed by atoms with van der Waals surface area (Å²) in [6.07, 6.45) is 0. The van der Waals surface area contributed by atoms with E-state index >= 15 is 0 Å². The molecule has 0 radical (unpaired) electrons. The molecule has 0 heterocycles. The summed E-state index contributed by atoms with van der Waals surface area (Å²) in [6, 6.07) is 11.1. The lowest BCUT2D eigenvalue weighted by molar-refractivity contribution is 0.102. The molecule has 21 heavy (non-hydrogen) atoms. The van der Waals surface area contributed by atoms with Gasteiger partial charge in [0, 0.05) is 14.6 Å². The number of halogens is 2. The molecule has 110 valence electrons. The molecule has 5 heteroatoms. The number of hydrogen-bond donors (Lipinski definition) is 1. The fourth-order valence-electron chi connectivity index (χ4n) is 1.90. The van der Waals surface area contributed by atoms with Gasteiger partial charge in [-0.2, -0.15) is 0 Å². The molecular weight excluding hydrogens is 398 g/mol. The molecule has 0 atom stereocenters. The molecule has 1 amide bonds. The molecule has 0 saturated heterocycles. The van der Waals surface area contributed by atoms with Crippen molar-refractivity contribution < 1.29 is 9.53 Å². The molecule has 0 bridgehead atoms. The van der Waals surface area contributed by atoms with Crippen LogP contribution in [0.4, 0.5) is 5.69 Å². The highest BCUT2D eigenvalue weighted by Gasteiger charge is 2.12. The maximum Gasteiger partial charge on any atom is 0.256 e. The zero-order chi connectivity index (χ0) is 15.4. The van der Waals surface area contributed by atoms with E-state index in [1.165, 1.54) is 0 Å². The molecule has 2 rings (SSSR count). The molecule has 0 unspecified atom stereocenters. The van der Waals surface area contributed by atoms with Gasteiger partial charge in [-0.3, -0.25) is 4.79 Å². The normalized spacial score (nSPS) is 10.3. The number of hydrogen-bond acceptors (Lipinski definition) is 2. The van der Waals surface area contributed by atoms with E-state index in [4.69, 9.17) is 4.74 Å². The van der Waals surface area contributed by atoms with E-state index in [9.17, 15) is 4.79 Å². The topological polar surface area (TPSA) is 38.3 Å². The SMILES string of the molecule is CCOc1ccc(NC(=O)c2ccc(Br)cc2Br)c(C)c1. The van der Waals surface area contributed by atoms with Crippen molar-refractivity contribution in [2.24, 2.45) is 0 Å². The first-order valence-corrected chi connectivity index (χ1v) is 8.09. The maximum absolute atomic E-state index is 12.3. The largest absolute Gasteiger partial charge is 0.494 e. The van der Waals surface area contributed by atoms with Crippen molar-refractivity contribution in [2.75, 3.05) is 11.9 Å². The first-order valence-electron chi connectivity index (χ1n) is 6.51. The predicted octanol–water partition coefficient (Wildman–Crippen LogP) is 5.17. The minimum Gasteiger partial charge on any atom is -0.494 e. The Bertz CT molecular complexity index is 671. The van der Waals surface area contributed by atoms with E-state index in [1.54, 1.807) is 6.07 Å². The van der Waals surface area contributed by atoms with Gasteiger partial charge < -0.3 is 10.1 Å². The third-order valence-corrected chi connectivity index (χ3v) is 4.08. The second-order valence-corrected chi connectivity index (χ2v) is 6.26. The molecule has 2 aromatic carbocycles. The van der Waals surface area contributed by atoms with Crippen molar-refractivity contribution in [3.8, 4) is 5.75 Å². The molecule has 0 aliphatic carbocycles. The molecule has 0 aromatic heterocycles. The lowest BCUT2D eigenvalue weighted by Crippen LogP contribution is -2.13. The van der Waals surface area contributed by atoms with Crippen molar-refractivity contribution in [1.29, 1.82) is 0 Å². The third kappa shape index (κ3) is 4.08. The molecule has 0 spiro atoms. The van der Waals surface area contributed by atoms with Crippen molar-refractivity contribution in [2.45, 2.75) is 13.8 Å². The highest BCUT2D eigenvalue weighted by atomic mass is 79.9. The molecule has 0 aliphatic heterocycles. The van der Waals surface area contributed by atoms with Crippen LogP contribution in [0.3, 0.4) is 0 Å². The van der Waals surface area contributed by atoms with Gasteiger partial charge in [-0.25, -0.2) is 0 Å². The predicted molar refractivity (Wildman–Crippen MR) is 92.1 cm³/mol. The Labute approximate surface area is 141 Å². The van der Waals surface area contributed by atoms with Gasteiger partial charge in [0.05, 0.1) is 12.2 Å². The second kappa shape index (κ2) is 7.09. The van der Waals surface area contributed by atoms with Crippen molar-refractivity contribution in [3.63, 3.8) is 0 Å². The number of nitrogens with one attached hydrogen (secondary N) is 1. The Kier molecular flexibility index (Phi) is 5.42. The van der Waals surface area contributed by atoms with Crippen molar-refractivity contribution in [3.05, 3.63) is 56.5 Å². The lowest BCUT2D eigenvalue weighted by atomic mass is 10.1. The standard InChI is InChI=1S/C16H15Br2NO2/c1-3-21-12-5-7-15(10(2)8-12)19-16(20)13-6-4-11(17)9-14(13)18/h4-9H,3H2,1-2H3,(H,19,20). The van der Waals surface area contributed by atoms with Crippen molar-refractivity contribution >= 4 is 43.5 Å². The zero-order valence-electron chi connectivity index (χ0n) is 11.7. The monoisotopic (exact) mass is 411 g/mol. The Balaban J connectivity index is 2.19. The maximum atomic E-state index is 12.3. The molecule has 3 nitrogen and oxygen atoms in total. The molecular formula is C16H15Br2NO2. The smallest absolute Gasteiger partial charge is 0.256 e. The van der Waals surface area contributed by atoms with Crippen LogP contribution in [0.2, 0.25) is 0 Å². The summed E-state index contributed by atoms with van der Waals surface area (Å²) >= 11 is 6.77. The first kappa shape index (κ1) is 16.0. The average molecular weight is 413 g/mol. The first-order chi connectivity index (χ1) is 10.0. The lowest BCUT2D eigenvalue weighted by Gasteiger charge is -2.11. The molecule has 2 aromatic rings. The summed E-state index contributed by atoms with van der Waals surface area (Å²) in [6.45, 7) is 4.50. The average Bonchev–Trinajstić information content (AvgIpc) is 2.42. The second-order valence-electron chi connectivity index (χ2n) is 4.49. The van der Waals surface area contributed by atoms with Gasteiger partial charge in [-0.15, -0.1) is 0 Å².